The lowest BCUT2D eigenvalue weighted by Gasteiger charge is -2.05. The van der Waals surface area contributed by atoms with Gasteiger partial charge in [-0.1, -0.05) is 6.07 Å². The molecule has 2 N–H and O–H groups in total. The maximum atomic E-state index is 8.88. The van der Waals surface area contributed by atoms with Crippen LogP contribution in [0.3, 0.4) is 0 Å². The van der Waals surface area contributed by atoms with Gasteiger partial charge in [0.05, 0.1) is 11.6 Å². The van der Waals surface area contributed by atoms with Crippen molar-refractivity contribution in [3.63, 3.8) is 0 Å². The van der Waals surface area contributed by atoms with E-state index in [1.54, 1.807) is 12.1 Å². The van der Waals surface area contributed by atoms with E-state index in [9.17, 15) is 0 Å². The van der Waals surface area contributed by atoms with Gasteiger partial charge in [0.2, 0.25) is 0 Å². The van der Waals surface area contributed by atoms with Crippen LogP contribution in [0.5, 0.6) is 0 Å². The van der Waals surface area contributed by atoms with Crippen molar-refractivity contribution in [2.24, 2.45) is 0 Å². The summed E-state index contributed by atoms with van der Waals surface area (Å²) in [5.74, 6) is 1.42. The third-order valence-corrected chi connectivity index (χ3v) is 2.66. The van der Waals surface area contributed by atoms with Crippen molar-refractivity contribution in [3.8, 4) is 6.07 Å². The van der Waals surface area contributed by atoms with Crippen molar-refractivity contribution in [2.75, 3.05) is 5.32 Å². The van der Waals surface area contributed by atoms with E-state index in [4.69, 9.17) is 5.26 Å². The molecule has 3 aromatic rings. The van der Waals surface area contributed by atoms with Gasteiger partial charge in [-0.25, -0.2) is 15.0 Å². The summed E-state index contributed by atoms with van der Waals surface area (Å²) in [5.41, 5.74) is 2.76. The molecule has 2 aromatic heterocycles. The zero-order valence-corrected chi connectivity index (χ0v) is 10.2. The number of aromatic amines is 1. The summed E-state index contributed by atoms with van der Waals surface area (Å²) in [7, 11) is 0. The van der Waals surface area contributed by atoms with Crippen molar-refractivity contribution in [1.82, 2.24) is 19.9 Å². The topological polar surface area (TPSA) is 90.3 Å². The molecule has 3 rings (SSSR count). The van der Waals surface area contributed by atoms with E-state index in [0.717, 1.165) is 17.0 Å². The monoisotopic (exact) mass is 250 g/mol. The van der Waals surface area contributed by atoms with E-state index in [1.807, 2.05) is 19.1 Å². The maximum Gasteiger partial charge on any atom is 0.183 e. The van der Waals surface area contributed by atoms with E-state index in [2.05, 4.69) is 31.3 Å². The van der Waals surface area contributed by atoms with Crippen LogP contribution in [-0.4, -0.2) is 19.9 Å². The second kappa shape index (κ2) is 4.38. The third kappa shape index (κ3) is 2.09. The molecular weight excluding hydrogens is 240 g/mol. The summed E-state index contributed by atoms with van der Waals surface area (Å²) in [6.07, 6.45) is 1.46. The second-order valence-corrected chi connectivity index (χ2v) is 4.06. The molecule has 0 aliphatic heterocycles. The quantitative estimate of drug-likeness (QED) is 0.728. The van der Waals surface area contributed by atoms with Crippen LogP contribution in [0.1, 0.15) is 11.4 Å². The highest BCUT2D eigenvalue weighted by molar-refractivity contribution is 5.85. The van der Waals surface area contributed by atoms with Crippen LogP contribution >= 0.6 is 0 Å². The van der Waals surface area contributed by atoms with Crippen LogP contribution in [0.15, 0.2) is 30.6 Å². The number of benzene rings is 1. The molecule has 0 atom stereocenters. The lowest BCUT2D eigenvalue weighted by Crippen LogP contribution is -1.96. The predicted molar refractivity (Wildman–Crippen MR) is 70.9 cm³/mol. The third-order valence-electron chi connectivity index (χ3n) is 2.66. The number of nitriles is 1. The molecule has 0 aliphatic carbocycles. The molecule has 0 saturated heterocycles. The van der Waals surface area contributed by atoms with Crippen molar-refractivity contribution in [2.45, 2.75) is 6.92 Å². The number of imidazole rings is 1. The summed E-state index contributed by atoms with van der Waals surface area (Å²) < 4.78 is 0. The average Bonchev–Trinajstić information content (AvgIpc) is 2.80. The van der Waals surface area contributed by atoms with E-state index in [0.29, 0.717) is 17.0 Å². The minimum atomic E-state index is 0.594. The molecule has 0 radical (unpaired) electrons. The Balaban J connectivity index is 2.03. The van der Waals surface area contributed by atoms with Gasteiger partial charge >= 0.3 is 0 Å². The summed E-state index contributed by atoms with van der Waals surface area (Å²) >= 11 is 0. The molecule has 0 saturated carbocycles. The van der Waals surface area contributed by atoms with E-state index < -0.39 is 0 Å². The molecule has 0 unspecified atom stereocenters. The van der Waals surface area contributed by atoms with Gasteiger partial charge in [0.25, 0.3) is 0 Å². The Morgan fingerprint density at radius 3 is 3.05 bits per heavy atom. The Labute approximate surface area is 109 Å². The van der Waals surface area contributed by atoms with Crippen molar-refractivity contribution in [1.29, 1.82) is 5.26 Å². The number of fused-ring (bicyclic) bond motifs is 1. The number of nitrogens with one attached hydrogen (secondary N) is 2. The number of rotatable bonds is 2. The Morgan fingerprint density at radius 1 is 1.32 bits per heavy atom. The van der Waals surface area contributed by atoms with Gasteiger partial charge in [-0.2, -0.15) is 5.26 Å². The first kappa shape index (κ1) is 11.2. The number of aromatic nitrogens is 4. The standard InChI is InChI=1S/C13H10N6/c1-8-17-11-12(18-8)15-7-16-13(11)19-10-4-2-3-9(5-10)6-14/h2-5,7H,1H3,(H2,15,16,17,18,19). The molecule has 0 amide bonds. The molecule has 0 fully saturated rings. The zero-order valence-electron chi connectivity index (χ0n) is 10.2. The van der Waals surface area contributed by atoms with Gasteiger partial charge in [0.15, 0.2) is 11.5 Å². The molecule has 19 heavy (non-hydrogen) atoms. The summed E-state index contributed by atoms with van der Waals surface area (Å²) in [5, 5.41) is 12.0. The van der Waals surface area contributed by atoms with E-state index in [-0.39, 0.29) is 0 Å². The number of H-pyrrole nitrogens is 1. The normalized spacial score (nSPS) is 10.3. The fourth-order valence-corrected chi connectivity index (χ4v) is 1.84. The summed E-state index contributed by atoms with van der Waals surface area (Å²) in [4.78, 5) is 15.6. The van der Waals surface area contributed by atoms with Gasteiger partial charge in [-0.15, -0.1) is 0 Å². The van der Waals surface area contributed by atoms with E-state index >= 15 is 0 Å². The Morgan fingerprint density at radius 2 is 2.21 bits per heavy atom. The fraction of sp³-hybridized carbons (Fsp3) is 0.0769. The molecule has 1 aromatic carbocycles. The van der Waals surface area contributed by atoms with Gasteiger partial charge in [-0.3, -0.25) is 0 Å². The van der Waals surface area contributed by atoms with Gasteiger partial charge in [-0.05, 0) is 25.1 Å². The van der Waals surface area contributed by atoms with Crippen LogP contribution < -0.4 is 5.32 Å². The highest BCUT2D eigenvalue weighted by Crippen LogP contribution is 2.21. The molecule has 2 heterocycles. The molecule has 6 nitrogen and oxygen atoms in total. The van der Waals surface area contributed by atoms with Gasteiger partial charge in [0.1, 0.15) is 17.7 Å². The van der Waals surface area contributed by atoms with Crippen LogP contribution in [0, 0.1) is 18.3 Å². The van der Waals surface area contributed by atoms with Gasteiger partial charge in [0, 0.05) is 5.69 Å². The van der Waals surface area contributed by atoms with Crippen LogP contribution in [-0.2, 0) is 0 Å². The van der Waals surface area contributed by atoms with E-state index in [1.165, 1.54) is 6.33 Å². The zero-order chi connectivity index (χ0) is 13.2. The smallest absolute Gasteiger partial charge is 0.183 e. The first-order valence-electron chi connectivity index (χ1n) is 5.71. The average molecular weight is 250 g/mol. The largest absolute Gasteiger partial charge is 0.338 e. The Bertz CT molecular complexity index is 783. The minimum absolute atomic E-state index is 0.594. The van der Waals surface area contributed by atoms with Crippen LogP contribution in [0.4, 0.5) is 11.5 Å². The maximum absolute atomic E-state index is 8.88. The molecule has 92 valence electrons. The number of anilines is 2. The van der Waals surface area contributed by atoms with Crippen molar-refractivity contribution < 1.29 is 0 Å². The number of hydrogen-bond donors (Lipinski definition) is 2. The molecule has 0 spiro atoms. The lowest BCUT2D eigenvalue weighted by molar-refractivity contribution is 1.16. The Hall–Kier alpha value is -2.94. The molecule has 0 aliphatic rings. The Kier molecular flexibility index (Phi) is 2.58. The SMILES string of the molecule is Cc1nc2ncnc(Nc3cccc(C#N)c3)c2[nH]1. The van der Waals surface area contributed by atoms with Crippen LogP contribution in [0.2, 0.25) is 0 Å². The van der Waals surface area contributed by atoms with Crippen LogP contribution in [0.25, 0.3) is 11.2 Å². The minimum Gasteiger partial charge on any atom is -0.338 e. The lowest BCUT2D eigenvalue weighted by atomic mass is 10.2. The number of nitrogens with zero attached hydrogens (tertiary/aromatic N) is 4. The second-order valence-electron chi connectivity index (χ2n) is 4.06. The number of hydrogen-bond acceptors (Lipinski definition) is 5. The van der Waals surface area contributed by atoms with Crippen molar-refractivity contribution >= 4 is 22.7 Å². The molecule has 6 heteroatoms. The number of aryl methyl sites for hydroxylation is 1. The molecular formula is C13H10N6. The summed E-state index contributed by atoms with van der Waals surface area (Å²) in [6.45, 7) is 1.86. The highest BCUT2D eigenvalue weighted by Gasteiger charge is 2.07. The molecule has 0 bridgehead atoms. The first-order chi connectivity index (χ1) is 9.26. The predicted octanol–water partition coefficient (Wildman–Crippen LogP) is 2.28. The fourth-order valence-electron chi connectivity index (χ4n) is 1.84. The van der Waals surface area contributed by atoms with Gasteiger partial charge < -0.3 is 10.3 Å². The highest BCUT2D eigenvalue weighted by atomic mass is 15.1. The first-order valence-corrected chi connectivity index (χ1v) is 5.71. The van der Waals surface area contributed by atoms with Crippen molar-refractivity contribution in [3.05, 3.63) is 42.0 Å². The summed E-state index contributed by atoms with van der Waals surface area (Å²) in [6, 6.07) is 9.30.